The molecular weight excluding hydrogens is 426 g/mol. The van der Waals surface area contributed by atoms with Crippen LogP contribution in [0, 0.1) is 0 Å². The average molecular weight is 442 g/mol. The second-order valence-corrected chi connectivity index (χ2v) is 7.78. The third-order valence-corrected chi connectivity index (χ3v) is 5.31. The predicted octanol–water partition coefficient (Wildman–Crippen LogP) is 2.76. The first kappa shape index (κ1) is 18.4. The molecule has 142 valence electrons. The van der Waals surface area contributed by atoms with Gasteiger partial charge in [0, 0.05) is 10.5 Å². The van der Waals surface area contributed by atoms with Crippen LogP contribution >= 0.6 is 15.9 Å². The van der Waals surface area contributed by atoms with Gasteiger partial charge in [-0.25, -0.2) is 4.79 Å². The van der Waals surface area contributed by atoms with Gasteiger partial charge in [-0.1, -0.05) is 28.1 Å². The van der Waals surface area contributed by atoms with Crippen molar-refractivity contribution in [2.45, 2.75) is 26.6 Å². The highest BCUT2D eigenvalue weighted by Crippen LogP contribution is 2.24. The lowest BCUT2D eigenvalue weighted by Gasteiger charge is -2.20. The van der Waals surface area contributed by atoms with Crippen molar-refractivity contribution in [2.24, 2.45) is 0 Å². The Labute approximate surface area is 167 Å². The van der Waals surface area contributed by atoms with Crippen molar-refractivity contribution in [1.82, 2.24) is 14.0 Å². The lowest BCUT2D eigenvalue weighted by atomic mass is 10.1. The number of benzene rings is 2. The van der Waals surface area contributed by atoms with Crippen molar-refractivity contribution in [3.8, 4) is 0 Å². The molecule has 1 aromatic heterocycles. The molecule has 0 saturated heterocycles. The highest BCUT2D eigenvalue weighted by Gasteiger charge is 2.35. The van der Waals surface area contributed by atoms with Gasteiger partial charge in [-0.05, 0) is 44.2 Å². The van der Waals surface area contributed by atoms with Crippen LogP contribution in [0.15, 0.2) is 56.5 Å². The molecule has 0 aliphatic carbocycles. The Morgan fingerprint density at radius 1 is 0.929 bits per heavy atom. The fourth-order valence-corrected chi connectivity index (χ4v) is 3.83. The lowest BCUT2D eigenvalue weighted by molar-refractivity contribution is 0.0605. The maximum atomic E-state index is 13.1. The van der Waals surface area contributed by atoms with Crippen molar-refractivity contribution < 1.29 is 9.59 Å². The second kappa shape index (κ2) is 6.56. The molecule has 0 bridgehead atoms. The number of carbonyl (C=O) groups is 2. The molecule has 3 aromatic rings. The van der Waals surface area contributed by atoms with Gasteiger partial charge >= 0.3 is 5.69 Å². The molecule has 0 saturated carbocycles. The van der Waals surface area contributed by atoms with Gasteiger partial charge in [-0.2, -0.15) is 0 Å². The number of imide groups is 1. The third-order valence-electron chi connectivity index (χ3n) is 4.81. The smallest absolute Gasteiger partial charge is 0.274 e. The summed E-state index contributed by atoms with van der Waals surface area (Å²) in [5.41, 5.74) is 0.0162. The van der Waals surface area contributed by atoms with Crippen molar-refractivity contribution in [2.75, 3.05) is 0 Å². The van der Waals surface area contributed by atoms with Crippen LogP contribution in [-0.4, -0.2) is 25.8 Å². The first-order valence-electron chi connectivity index (χ1n) is 8.71. The standard InChI is InChI=1S/C20H16BrN3O4/c1-11(2)24-19(27)15-9-12(21)7-8-16(15)22(20(24)28)10-23-17(25)13-5-3-4-6-14(13)18(23)26/h3-9,11H,10H2,1-2H3. The number of rotatable bonds is 3. The predicted molar refractivity (Wildman–Crippen MR) is 107 cm³/mol. The van der Waals surface area contributed by atoms with Gasteiger partial charge in [0.25, 0.3) is 17.4 Å². The topological polar surface area (TPSA) is 81.4 Å². The van der Waals surface area contributed by atoms with Crippen LogP contribution in [0.2, 0.25) is 0 Å². The van der Waals surface area contributed by atoms with Crippen molar-refractivity contribution in [1.29, 1.82) is 0 Å². The number of amides is 2. The quantitative estimate of drug-likeness (QED) is 0.585. The fraction of sp³-hybridized carbons (Fsp3) is 0.200. The molecule has 28 heavy (non-hydrogen) atoms. The molecule has 2 heterocycles. The van der Waals surface area contributed by atoms with Gasteiger partial charge in [0.1, 0.15) is 6.67 Å². The Hall–Kier alpha value is -3.00. The summed E-state index contributed by atoms with van der Waals surface area (Å²) in [6, 6.07) is 11.1. The highest BCUT2D eigenvalue weighted by molar-refractivity contribution is 9.10. The van der Waals surface area contributed by atoms with Crippen LogP contribution in [0.1, 0.15) is 40.6 Å². The van der Waals surface area contributed by atoms with Gasteiger partial charge in [0.15, 0.2) is 0 Å². The fourth-order valence-electron chi connectivity index (χ4n) is 3.47. The summed E-state index contributed by atoms with van der Waals surface area (Å²) in [6.45, 7) is 3.20. The van der Waals surface area contributed by atoms with Crippen molar-refractivity contribution in [3.05, 3.63) is 78.9 Å². The minimum absolute atomic E-state index is 0.268. The number of fused-ring (bicyclic) bond motifs is 2. The SMILES string of the molecule is CC(C)n1c(=O)c2cc(Br)ccc2n(CN2C(=O)c3ccccc3C2=O)c1=O. The van der Waals surface area contributed by atoms with E-state index in [0.717, 1.165) is 9.47 Å². The molecule has 2 amide bonds. The Balaban J connectivity index is 1.93. The highest BCUT2D eigenvalue weighted by atomic mass is 79.9. The van der Waals surface area contributed by atoms with Crippen molar-refractivity contribution in [3.63, 3.8) is 0 Å². The van der Waals surface area contributed by atoms with Gasteiger partial charge in [0.05, 0.1) is 22.0 Å². The minimum Gasteiger partial charge on any atom is -0.274 e. The van der Waals surface area contributed by atoms with E-state index in [-0.39, 0.29) is 12.7 Å². The summed E-state index contributed by atoms with van der Waals surface area (Å²) >= 11 is 3.34. The van der Waals surface area contributed by atoms with E-state index in [1.54, 1.807) is 56.3 Å². The zero-order chi connectivity index (χ0) is 20.2. The summed E-state index contributed by atoms with van der Waals surface area (Å²) in [6.07, 6.45) is 0. The Kier molecular flexibility index (Phi) is 4.30. The van der Waals surface area contributed by atoms with Crippen molar-refractivity contribution >= 4 is 38.6 Å². The number of aromatic nitrogens is 2. The van der Waals surface area contributed by atoms with Gasteiger partial charge < -0.3 is 0 Å². The molecule has 0 radical (unpaired) electrons. The van der Waals surface area contributed by atoms with Crippen LogP contribution in [-0.2, 0) is 6.67 Å². The van der Waals surface area contributed by atoms with Gasteiger partial charge in [0.2, 0.25) is 0 Å². The first-order chi connectivity index (χ1) is 13.3. The van der Waals surface area contributed by atoms with Crippen LogP contribution in [0.25, 0.3) is 10.9 Å². The third kappa shape index (κ3) is 2.63. The largest absolute Gasteiger partial charge is 0.333 e. The first-order valence-corrected chi connectivity index (χ1v) is 9.50. The molecular formula is C20H16BrN3O4. The molecule has 0 spiro atoms. The van der Waals surface area contributed by atoms with Crippen LogP contribution in [0.4, 0.5) is 0 Å². The number of hydrogen-bond donors (Lipinski definition) is 0. The van der Waals surface area contributed by atoms with E-state index in [1.165, 1.54) is 4.57 Å². The number of nitrogens with zero attached hydrogens (tertiary/aromatic N) is 3. The Bertz CT molecular complexity index is 1240. The molecule has 0 atom stereocenters. The number of halogens is 1. The van der Waals surface area contributed by atoms with E-state index in [4.69, 9.17) is 0 Å². The maximum Gasteiger partial charge on any atom is 0.333 e. The molecule has 0 fully saturated rings. The van der Waals surface area contributed by atoms with Crippen LogP contribution in [0.3, 0.4) is 0 Å². The monoisotopic (exact) mass is 441 g/mol. The number of carbonyl (C=O) groups excluding carboxylic acids is 2. The molecule has 8 heteroatoms. The maximum absolute atomic E-state index is 13.1. The second-order valence-electron chi connectivity index (χ2n) is 6.87. The zero-order valence-electron chi connectivity index (χ0n) is 15.2. The average Bonchev–Trinajstić information content (AvgIpc) is 2.90. The molecule has 0 N–H and O–H groups in total. The lowest BCUT2D eigenvalue weighted by Crippen LogP contribution is -2.44. The Morgan fingerprint density at radius 2 is 1.54 bits per heavy atom. The summed E-state index contributed by atoms with van der Waals surface area (Å²) in [5.74, 6) is -0.917. The van der Waals surface area contributed by atoms with Crippen LogP contribution in [0.5, 0.6) is 0 Å². The molecule has 2 aromatic carbocycles. The molecule has 1 aliphatic heterocycles. The summed E-state index contributed by atoms with van der Waals surface area (Å²) < 4.78 is 3.12. The van der Waals surface area contributed by atoms with E-state index in [0.29, 0.717) is 26.5 Å². The summed E-state index contributed by atoms with van der Waals surface area (Å²) in [4.78, 5) is 52.3. The molecule has 4 rings (SSSR count). The number of hydrogen-bond acceptors (Lipinski definition) is 4. The van der Waals surface area contributed by atoms with Gasteiger partial charge in [-0.15, -0.1) is 0 Å². The minimum atomic E-state index is -0.564. The summed E-state index contributed by atoms with van der Waals surface area (Å²) in [7, 11) is 0. The molecule has 7 nitrogen and oxygen atoms in total. The summed E-state index contributed by atoms with van der Waals surface area (Å²) in [5, 5.41) is 0.333. The van der Waals surface area contributed by atoms with E-state index < -0.39 is 23.1 Å². The Morgan fingerprint density at radius 3 is 2.11 bits per heavy atom. The normalized spacial score (nSPS) is 13.6. The zero-order valence-corrected chi connectivity index (χ0v) is 16.8. The molecule has 0 unspecified atom stereocenters. The van der Waals surface area contributed by atoms with E-state index in [1.807, 2.05) is 0 Å². The van der Waals surface area contributed by atoms with Gasteiger partial charge in [-0.3, -0.25) is 28.4 Å². The van der Waals surface area contributed by atoms with Crippen LogP contribution < -0.4 is 11.2 Å². The van der Waals surface area contributed by atoms with E-state index in [9.17, 15) is 19.2 Å². The van der Waals surface area contributed by atoms with E-state index >= 15 is 0 Å². The van der Waals surface area contributed by atoms with E-state index in [2.05, 4.69) is 15.9 Å². The molecule has 1 aliphatic rings.